The van der Waals surface area contributed by atoms with E-state index in [0.29, 0.717) is 0 Å². The Balaban J connectivity index is 3.00. The van der Waals surface area contributed by atoms with Crippen molar-refractivity contribution < 1.29 is 23.5 Å². The molecule has 0 spiro atoms. The van der Waals surface area contributed by atoms with Crippen molar-refractivity contribution >= 4 is 34.6 Å². The van der Waals surface area contributed by atoms with Gasteiger partial charge in [0.05, 0.1) is 29.6 Å². The minimum absolute atomic E-state index is 0.0236. The number of ether oxygens (including phenoxy) is 2. The molecule has 0 atom stereocenters. The number of fused-ring (bicyclic) bond motifs is 1. The first kappa shape index (κ1) is 17.0. The molecule has 0 aliphatic heterocycles. The van der Waals surface area contributed by atoms with E-state index in [-0.39, 0.29) is 33.8 Å². The van der Waals surface area contributed by atoms with Gasteiger partial charge in [-0.25, -0.2) is 18.5 Å². The molecule has 0 aliphatic carbocycles. The largest absolute Gasteiger partial charge is 0.462 e. The summed E-state index contributed by atoms with van der Waals surface area (Å²) in [7, 11) is 1.14. The van der Waals surface area contributed by atoms with Crippen LogP contribution >= 0.6 is 11.6 Å². The summed E-state index contributed by atoms with van der Waals surface area (Å²) < 4.78 is 24.2. The number of methoxy groups -OCH3 is 1. The van der Waals surface area contributed by atoms with Crippen LogP contribution in [0.3, 0.4) is 0 Å². The zero-order chi connectivity index (χ0) is 17.3. The fraction of sp³-hybridized carbons (Fsp3) is 0.267. The van der Waals surface area contributed by atoms with Crippen molar-refractivity contribution in [2.75, 3.05) is 13.7 Å². The van der Waals surface area contributed by atoms with Gasteiger partial charge in [-0.05, 0) is 26.0 Å². The highest BCUT2D eigenvalue weighted by Gasteiger charge is 2.25. The lowest BCUT2D eigenvalue weighted by molar-refractivity contribution is 0.0523. The standard InChI is InChI=1S/C15H13ClFNO5/c1-4-23-14(20)12-7(2)18(15(21)22-3)11-6-9(16)10(17)5-8(11)13(12)19/h5-6H,4H2,1-3H3. The van der Waals surface area contributed by atoms with Crippen LogP contribution in [0.4, 0.5) is 9.18 Å². The van der Waals surface area contributed by atoms with Crippen molar-refractivity contribution in [2.24, 2.45) is 0 Å². The first-order valence-corrected chi connectivity index (χ1v) is 7.01. The van der Waals surface area contributed by atoms with Crippen molar-refractivity contribution in [3.05, 3.63) is 44.5 Å². The van der Waals surface area contributed by atoms with E-state index in [0.717, 1.165) is 23.8 Å². The maximum Gasteiger partial charge on any atom is 0.418 e. The third-order valence-corrected chi connectivity index (χ3v) is 3.57. The summed E-state index contributed by atoms with van der Waals surface area (Å²) in [5.74, 6) is -1.74. The van der Waals surface area contributed by atoms with Gasteiger partial charge >= 0.3 is 12.1 Å². The number of carbonyl (C=O) groups is 2. The first-order chi connectivity index (χ1) is 10.8. The molecule has 0 bridgehead atoms. The highest BCUT2D eigenvalue weighted by atomic mass is 35.5. The van der Waals surface area contributed by atoms with E-state index in [1.54, 1.807) is 6.92 Å². The molecule has 2 aromatic rings. The normalized spacial score (nSPS) is 10.7. The number of carbonyl (C=O) groups excluding carboxylic acids is 2. The Morgan fingerprint density at radius 2 is 2.00 bits per heavy atom. The highest BCUT2D eigenvalue weighted by Crippen LogP contribution is 2.24. The zero-order valence-corrected chi connectivity index (χ0v) is 13.4. The topological polar surface area (TPSA) is 74.6 Å². The first-order valence-electron chi connectivity index (χ1n) is 6.63. The Bertz CT molecular complexity index is 875. The van der Waals surface area contributed by atoms with Gasteiger partial charge in [-0.15, -0.1) is 0 Å². The SMILES string of the molecule is CCOC(=O)c1c(C)n(C(=O)OC)c2cc(Cl)c(F)cc2c1=O. The molecule has 1 heterocycles. The third-order valence-electron chi connectivity index (χ3n) is 3.29. The van der Waals surface area contributed by atoms with E-state index in [2.05, 4.69) is 4.74 Å². The van der Waals surface area contributed by atoms with Gasteiger partial charge in [0, 0.05) is 5.69 Å². The van der Waals surface area contributed by atoms with Gasteiger partial charge in [0.25, 0.3) is 0 Å². The van der Waals surface area contributed by atoms with E-state index >= 15 is 0 Å². The number of benzene rings is 1. The molecule has 0 saturated carbocycles. The van der Waals surface area contributed by atoms with Gasteiger partial charge < -0.3 is 9.47 Å². The summed E-state index contributed by atoms with van der Waals surface area (Å²) in [6.45, 7) is 3.01. The fourth-order valence-corrected chi connectivity index (χ4v) is 2.42. The molecule has 0 aliphatic rings. The van der Waals surface area contributed by atoms with Crippen LogP contribution in [0.25, 0.3) is 10.9 Å². The van der Waals surface area contributed by atoms with Crippen molar-refractivity contribution in [3.63, 3.8) is 0 Å². The number of nitrogens with zero attached hydrogens (tertiary/aromatic N) is 1. The predicted octanol–water partition coefficient (Wildman–Crippen LogP) is 2.89. The maximum atomic E-state index is 13.7. The lowest BCUT2D eigenvalue weighted by Gasteiger charge is -2.15. The molecule has 8 heteroatoms. The number of esters is 1. The molecule has 1 aromatic carbocycles. The second-order valence-corrected chi connectivity index (χ2v) is 5.01. The summed E-state index contributed by atoms with van der Waals surface area (Å²) >= 11 is 5.73. The molecule has 0 amide bonds. The van der Waals surface area contributed by atoms with Crippen molar-refractivity contribution in [2.45, 2.75) is 13.8 Å². The molecule has 0 unspecified atom stereocenters. The molecule has 2 rings (SSSR count). The van der Waals surface area contributed by atoms with Gasteiger partial charge in [0.2, 0.25) is 5.43 Å². The molecule has 122 valence electrons. The van der Waals surface area contributed by atoms with E-state index in [4.69, 9.17) is 16.3 Å². The minimum atomic E-state index is -0.898. The van der Waals surface area contributed by atoms with Crippen molar-refractivity contribution in [1.29, 1.82) is 0 Å². The Hall–Kier alpha value is -2.41. The Kier molecular flexibility index (Phi) is 4.70. The monoisotopic (exact) mass is 341 g/mol. The predicted molar refractivity (Wildman–Crippen MR) is 81.7 cm³/mol. The van der Waals surface area contributed by atoms with Gasteiger partial charge in [0.1, 0.15) is 11.4 Å². The van der Waals surface area contributed by atoms with Crippen LogP contribution in [0, 0.1) is 12.7 Å². The molecule has 0 N–H and O–H groups in total. The Morgan fingerprint density at radius 1 is 1.35 bits per heavy atom. The van der Waals surface area contributed by atoms with Crippen LogP contribution < -0.4 is 5.43 Å². The average molecular weight is 342 g/mol. The number of hydrogen-bond donors (Lipinski definition) is 0. The summed E-state index contributed by atoms with van der Waals surface area (Å²) in [5.41, 5.74) is -1.03. The molecule has 0 radical (unpaired) electrons. The van der Waals surface area contributed by atoms with Gasteiger partial charge in [-0.3, -0.25) is 4.79 Å². The zero-order valence-electron chi connectivity index (χ0n) is 12.6. The average Bonchev–Trinajstić information content (AvgIpc) is 2.49. The fourth-order valence-electron chi connectivity index (χ4n) is 2.26. The molecule has 0 saturated heterocycles. The molecular formula is C15H13ClFNO5. The molecule has 23 heavy (non-hydrogen) atoms. The van der Waals surface area contributed by atoms with Gasteiger partial charge in [0.15, 0.2) is 0 Å². The van der Waals surface area contributed by atoms with Crippen LogP contribution in [-0.4, -0.2) is 30.3 Å². The van der Waals surface area contributed by atoms with E-state index in [9.17, 15) is 18.8 Å². The lowest BCUT2D eigenvalue weighted by Crippen LogP contribution is -2.27. The quantitative estimate of drug-likeness (QED) is 0.785. The number of rotatable bonds is 2. The molecule has 6 nitrogen and oxygen atoms in total. The van der Waals surface area contributed by atoms with Crippen LogP contribution in [-0.2, 0) is 9.47 Å². The summed E-state index contributed by atoms with van der Waals surface area (Å²) in [6.07, 6.45) is -0.847. The highest BCUT2D eigenvalue weighted by molar-refractivity contribution is 6.31. The van der Waals surface area contributed by atoms with Crippen LogP contribution in [0.1, 0.15) is 23.0 Å². The maximum absolute atomic E-state index is 13.7. The van der Waals surface area contributed by atoms with E-state index in [1.807, 2.05) is 0 Å². The summed E-state index contributed by atoms with van der Waals surface area (Å²) in [5, 5.41) is -0.441. The second-order valence-electron chi connectivity index (χ2n) is 4.60. The van der Waals surface area contributed by atoms with Crippen molar-refractivity contribution in [3.8, 4) is 0 Å². The Labute approximate surface area is 135 Å². The number of hydrogen-bond acceptors (Lipinski definition) is 5. The van der Waals surface area contributed by atoms with E-state index in [1.165, 1.54) is 6.92 Å². The van der Waals surface area contributed by atoms with E-state index < -0.39 is 23.3 Å². The number of halogens is 2. The summed E-state index contributed by atoms with van der Waals surface area (Å²) in [4.78, 5) is 36.6. The van der Waals surface area contributed by atoms with Crippen LogP contribution in [0.5, 0.6) is 0 Å². The smallest absolute Gasteiger partial charge is 0.418 e. The minimum Gasteiger partial charge on any atom is -0.462 e. The van der Waals surface area contributed by atoms with Crippen molar-refractivity contribution in [1.82, 2.24) is 4.57 Å². The molecular weight excluding hydrogens is 329 g/mol. The summed E-state index contributed by atoms with van der Waals surface area (Å²) in [6, 6.07) is 2.01. The molecule has 0 fully saturated rings. The molecule has 1 aromatic heterocycles. The Morgan fingerprint density at radius 3 is 2.57 bits per heavy atom. The third kappa shape index (κ3) is 2.79. The van der Waals surface area contributed by atoms with Gasteiger partial charge in [-0.2, -0.15) is 0 Å². The van der Waals surface area contributed by atoms with Crippen LogP contribution in [0.15, 0.2) is 16.9 Å². The number of aromatic nitrogens is 1. The number of pyridine rings is 1. The van der Waals surface area contributed by atoms with Gasteiger partial charge in [-0.1, -0.05) is 11.6 Å². The second kappa shape index (κ2) is 6.37. The lowest BCUT2D eigenvalue weighted by atomic mass is 10.1. The van der Waals surface area contributed by atoms with Crippen LogP contribution in [0.2, 0.25) is 5.02 Å².